The molecule has 2 rings (SSSR count). The Morgan fingerprint density at radius 2 is 1.86 bits per heavy atom. The van der Waals surface area contributed by atoms with Crippen LogP contribution in [-0.2, 0) is 4.74 Å². The molecule has 0 aromatic rings. The molecule has 5 atom stereocenters. The molecule has 0 amide bonds. The monoisotopic (exact) mass is 307 g/mol. The second-order valence-electron chi connectivity index (χ2n) is 6.80. The van der Waals surface area contributed by atoms with Crippen LogP contribution in [0.2, 0.25) is 0 Å². The predicted molar refractivity (Wildman–Crippen MR) is 77.2 cm³/mol. The van der Waals surface area contributed by atoms with Crippen LogP contribution in [-0.4, -0.2) is 31.0 Å². The van der Waals surface area contributed by atoms with E-state index in [4.69, 9.17) is 4.74 Å². The van der Waals surface area contributed by atoms with Crippen molar-refractivity contribution in [3.8, 4) is 0 Å². The predicted octanol–water partition coefficient (Wildman–Crippen LogP) is 4.29. The Kier molecular flexibility index (Phi) is 5.24. The molecule has 0 aromatic carbocycles. The van der Waals surface area contributed by atoms with E-state index in [0.717, 1.165) is 19.3 Å². The first kappa shape index (κ1) is 17.1. The van der Waals surface area contributed by atoms with Gasteiger partial charge in [0.1, 0.15) is 0 Å². The van der Waals surface area contributed by atoms with Crippen molar-refractivity contribution in [1.29, 1.82) is 0 Å². The molecule has 124 valence electrons. The lowest BCUT2D eigenvalue weighted by Crippen LogP contribution is -2.65. The zero-order valence-corrected chi connectivity index (χ0v) is 13.3. The zero-order chi connectivity index (χ0) is 15.7. The van der Waals surface area contributed by atoms with E-state index in [2.05, 4.69) is 19.2 Å². The molecule has 1 N–H and O–H groups in total. The maximum absolute atomic E-state index is 13.2. The number of rotatable bonds is 5. The maximum atomic E-state index is 13.2. The lowest BCUT2D eigenvalue weighted by Gasteiger charge is -2.55. The van der Waals surface area contributed by atoms with Gasteiger partial charge in [-0.2, -0.15) is 13.2 Å². The molecule has 5 unspecified atom stereocenters. The van der Waals surface area contributed by atoms with Crippen molar-refractivity contribution in [1.82, 2.24) is 5.32 Å². The summed E-state index contributed by atoms with van der Waals surface area (Å²) in [6, 6.07) is -0.274. The van der Waals surface area contributed by atoms with Crippen molar-refractivity contribution in [2.24, 2.45) is 11.3 Å². The Balaban J connectivity index is 2.00. The van der Waals surface area contributed by atoms with Crippen molar-refractivity contribution >= 4 is 0 Å². The molecule has 5 heteroatoms. The van der Waals surface area contributed by atoms with E-state index < -0.39 is 18.1 Å². The summed E-state index contributed by atoms with van der Waals surface area (Å²) in [6.45, 7) is 6.88. The van der Waals surface area contributed by atoms with Crippen LogP contribution in [0.25, 0.3) is 0 Å². The minimum Gasteiger partial charge on any atom is -0.378 e. The zero-order valence-electron chi connectivity index (χ0n) is 13.3. The van der Waals surface area contributed by atoms with Crippen LogP contribution in [0.1, 0.15) is 59.3 Å². The lowest BCUT2D eigenvalue weighted by atomic mass is 9.61. The van der Waals surface area contributed by atoms with E-state index in [1.807, 2.05) is 6.92 Å². The molecular weight excluding hydrogens is 279 g/mol. The van der Waals surface area contributed by atoms with Crippen LogP contribution < -0.4 is 5.32 Å². The van der Waals surface area contributed by atoms with Gasteiger partial charge in [-0.15, -0.1) is 0 Å². The summed E-state index contributed by atoms with van der Waals surface area (Å²) in [7, 11) is 0. The summed E-state index contributed by atoms with van der Waals surface area (Å²) in [4.78, 5) is 0. The SMILES string of the molecule is CCOC1CC(NC2CCCCC2C(F)(F)F)C1(C)CC. The second-order valence-corrected chi connectivity index (χ2v) is 6.80. The van der Waals surface area contributed by atoms with Gasteiger partial charge in [-0.1, -0.05) is 26.7 Å². The first-order chi connectivity index (χ1) is 9.82. The Hall–Kier alpha value is -0.290. The molecule has 2 aliphatic rings. The standard InChI is InChI=1S/C16H28F3NO/c1-4-15(3)13(10-14(15)21-5-2)20-12-9-7-6-8-11(12)16(17,18)19/h11-14,20H,4-10H2,1-3H3. The Morgan fingerprint density at radius 1 is 1.19 bits per heavy atom. The second kappa shape index (κ2) is 6.45. The van der Waals surface area contributed by atoms with Gasteiger partial charge in [-0.25, -0.2) is 0 Å². The normalized spacial score (nSPS) is 40.9. The van der Waals surface area contributed by atoms with Crippen LogP contribution >= 0.6 is 0 Å². The molecular formula is C16H28F3NO. The van der Waals surface area contributed by atoms with E-state index in [1.165, 1.54) is 0 Å². The van der Waals surface area contributed by atoms with Crippen LogP contribution in [0.4, 0.5) is 13.2 Å². The highest BCUT2D eigenvalue weighted by Gasteiger charge is 2.53. The Morgan fingerprint density at radius 3 is 2.43 bits per heavy atom. The lowest BCUT2D eigenvalue weighted by molar-refractivity contribution is -0.195. The molecule has 0 spiro atoms. The molecule has 0 bridgehead atoms. The number of hydrogen-bond donors (Lipinski definition) is 1. The molecule has 0 radical (unpaired) electrons. The fraction of sp³-hybridized carbons (Fsp3) is 1.00. The van der Waals surface area contributed by atoms with Gasteiger partial charge >= 0.3 is 6.18 Å². The van der Waals surface area contributed by atoms with Gasteiger partial charge in [-0.05, 0) is 32.6 Å². The summed E-state index contributed by atoms with van der Waals surface area (Å²) in [6.07, 6.45) is 0.361. The Bertz CT molecular complexity index is 347. The van der Waals surface area contributed by atoms with E-state index >= 15 is 0 Å². The van der Waals surface area contributed by atoms with Gasteiger partial charge in [0.15, 0.2) is 0 Å². The molecule has 2 aliphatic carbocycles. The minimum atomic E-state index is -4.08. The molecule has 0 saturated heterocycles. The summed E-state index contributed by atoms with van der Waals surface area (Å²) in [5.74, 6) is -1.18. The van der Waals surface area contributed by atoms with E-state index in [-0.39, 0.29) is 24.0 Å². The van der Waals surface area contributed by atoms with E-state index in [1.54, 1.807) is 0 Å². The van der Waals surface area contributed by atoms with Crippen molar-refractivity contribution < 1.29 is 17.9 Å². The quantitative estimate of drug-likeness (QED) is 0.818. The largest absolute Gasteiger partial charge is 0.393 e. The average molecular weight is 307 g/mol. The third-order valence-corrected chi connectivity index (χ3v) is 5.71. The molecule has 21 heavy (non-hydrogen) atoms. The highest BCUT2D eigenvalue weighted by Crippen LogP contribution is 2.47. The smallest absolute Gasteiger partial charge is 0.378 e. The summed E-state index contributed by atoms with van der Waals surface area (Å²) >= 11 is 0. The average Bonchev–Trinajstić information content (AvgIpc) is 2.44. The molecule has 2 fully saturated rings. The van der Waals surface area contributed by atoms with Gasteiger partial charge in [0.2, 0.25) is 0 Å². The van der Waals surface area contributed by atoms with Gasteiger partial charge < -0.3 is 10.1 Å². The molecule has 0 aliphatic heterocycles. The topological polar surface area (TPSA) is 21.3 Å². The number of hydrogen-bond acceptors (Lipinski definition) is 2. The van der Waals surface area contributed by atoms with E-state index in [9.17, 15) is 13.2 Å². The fourth-order valence-corrected chi connectivity index (χ4v) is 3.99. The highest BCUT2D eigenvalue weighted by atomic mass is 19.4. The molecule has 0 aromatic heterocycles. The van der Waals surface area contributed by atoms with Crippen molar-refractivity contribution in [2.45, 2.75) is 83.7 Å². The number of halogens is 3. The number of nitrogens with one attached hydrogen (secondary N) is 1. The summed E-state index contributed by atoms with van der Waals surface area (Å²) < 4.78 is 45.2. The Labute approximate surface area is 125 Å². The van der Waals surface area contributed by atoms with Crippen LogP contribution in [0.5, 0.6) is 0 Å². The minimum absolute atomic E-state index is 0.0381. The highest BCUT2D eigenvalue weighted by molar-refractivity contribution is 5.06. The number of alkyl halides is 3. The third-order valence-electron chi connectivity index (χ3n) is 5.71. The maximum Gasteiger partial charge on any atom is 0.393 e. The van der Waals surface area contributed by atoms with Crippen LogP contribution in [0.15, 0.2) is 0 Å². The van der Waals surface area contributed by atoms with Gasteiger partial charge in [0, 0.05) is 24.1 Å². The van der Waals surface area contributed by atoms with Gasteiger partial charge in [0.05, 0.1) is 12.0 Å². The van der Waals surface area contributed by atoms with Gasteiger partial charge in [-0.3, -0.25) is 0 Å². The summed E-state index contributed by atoms with van der Waals surface area (Å²) in [5, 5.41) is 3.34. The molecule has 0 heterocycles. The van der Waals surface area contributed by atoms with Crippen LogP contribution in [0.3, 0.4) is 0 Å². The van der Waals surface area contributed by atoms with Crippen molar-refractivity contribution in [3.05, 3.63) is 0 Å². The first-order valence-electron chi connectivity index (χ1n) is 8.27. The fourth-order valence-electron chi connectivity index (χ4n) is 3.99. The summed E-state index contributed by atoms with van der Waals surface area (Å²) in [5.41, 5.74) is -0.0381. The van der Waals surface area contributed by atoms with Crippen molar-refractivity contribution in [2.75, 3.05) is 6.61 Å². The molecule has 2 saturated carbocycles. The van der Waals surface area contributed by atoms with Crippen LogP contribution in [0, 0.1) is 11.3 Å². The first-order valence-corrected chi connectivity index (χ1v) is 8.27. The third kappa shape index (κ3) is 3.39. The van der Waals surface area contributed by atoms with Crippen molar-refractivity contribution in [3.63, 3.8) is 0 Å². The molecule has 2 nitrogen and oxygen atoms in total. The van der Waals surface area contributed by atoms with Gasteiger partial charge in [0.25, 0.3) is 0 Å². The number of ether oxygens (including phenoxy) is 1. The van der Waals surface area contributed by atoms with E-state index in [0.29, 0.717) is 19.4 Å².